The van der Waals surface area contributed by atoms with Gasteiger partial charge in [-0.3, -0.25) is 0 Å². The van der Waals surface area contributed by atoms with Crippen molar-refractivity contribution in [3.05, 3.63) is 41.9 Å². The minimum atomic E-state index is -0.0127. The van der Waals surface area contributed by atoms with E-state index < -0.39 is 0 Å². The van der Waals surface area contributed by atoms with E-state index in [0.29, 0.717) is 11.8 Å². The second-order valence-electron chi connectivity index (χ2n) is 9.12. The summed E-state index contributed by atoms with van der Waals surface area (Å²) in [5, 5.41) is 0. The predicted octanol–water partition coefficient (Wildman–Crippen LogP) is 5.62. The van der Waals surface area contributed by atoms with Gasteiger partial charge < -0.3 is 14.0 Å². The highest BCUT2D eigenvalue weighted by Gasteiger charge is 2.25. The van der Waals surface area contributed by atoms with Crippen LogP contribution in [0.4, 0.5) is 0 Å². The summed E-state index contributed by atoms with van der Waals surface area (Å²) < 4.78 is 13.5. The summed E-state index contributed by atoms with van der Waals surface area (Å²) in [6.45, 7) is 11.5. The van der Waals surface area contributed by atoms with Gasteiger partial charge in [0.25, 0.3) is 0 Å². The van der Waals surface area contributed by atoms with Crippen LogP contribution < -0.4 is 4.74 Å². The lowest BCUT2D eigenvalue weighted by Crippen LogP contribution is -2.25. The van der Waals surface area contributed by atoms with Crippen molar-refractivity contribution in [1.82, 2.24) is 14.5 Å². The number of imidazole rings is 1. The number of aromatic nitrogens is 3. The van der Waals surface area contributed by atoms with E-state index >= 15 is 0 Å². The monoisotopic (exact) mass is 425 g/mol. The molecule has 1 fully saturated rings. The predicted molar refractivity (Wildman–Crippen MR) is 122 cm³/mol. The van der Waals surface area contributed by atoms with E-state index in [1.54, 1.807) is 18.9 Å². The normalized spacial score (nSPS) is 15.6. The topological polar surface area (TPSA) is 49.2 Å². The van der Waals surface area contributed by atoms with Crippen molar-refractivity contribution in [3.8, 4) is 5.88 Å². The van der Waals surface area contributed by atoms with Crippen molar-refractivity contribution in [1.29, 1.82) is 0 Å². The van der Waals surface area contributed by atoms with Gasteiger partial charge in [0.15, 0.2) is 0 Å². The largest absolute Gasteiger partial charge is 0.480 e. The number of ether oxygens (including phenoxy) is 2. The molecule has 6 heteroatoms. The third kappa shape index (κ3) is 4.49. The van der Waals surface area contributed by atoms with E-state index in [4.69, 9.17) is 14.5 Å². The van der Waals surface area contributed by atoms with E-state index in [9.17, 15) is 0 Å². The number of methoxy groups -OCH3 is 1. The van der Waals surface area contributed by atoms with Crippen LogP contribution in [0, 0.1) is 12.8 Å². The molecule has 1 aromatic carbocycles. The minimum Gasteiger partial charge on any atom is -0.480 e. The molecule has 0 spiro atoms. The Balaban J connectivity index is 1.70. The highest BCUT2D eigenvalue weighted by atomic mass is 32.2. The van der Waals surface area contributed by atoms with E-state index in [0.717, 1.165) is 59.3 Å². The fraction of sp³-hybridized carbons (Fsp3) is 0.500. The third-order valence-corrected chi connectivity index (χ3v) is 6.55. The van der Waals surface area contributed by atoms with Crippen LogP contribution >= 0.6 is 11.8 Å². The maximum atomic E-state index is 5.56. The molecule has 0 radical (unpaired) electrons. The first kappa shape index (κ1) is 21.2. The van der Waals surface area contributed by atoms with Gasteiger partial charge in [0.05, 0.1) is 23.0 Å². The lowest BCUT2D eigenvalue weighted by atomic mass is 9.94. The number of pyridine rings is 1. The Labute approximate surface area is 183 Å². The van der Waals surface area contributed by atoms with Gasteiger partial charge in [-0.15, -0.1) is 0 Å². The molecule has 3 aromatic rings. The summed E-state index contributed by atoms with van der Waals surface area (Å²) in [5.41, 5.74) is 3.37. The van der Waals surface area contributed by atoms with E-state index in [2.05, 4.69) is 54.6 Å². The molecule has 0 unspecified atom stereocenters. The molecular weight excluding hydrogens is 394 g/mol. The number of hydrogen-bond acceptors (Lipinski definition) is 5. The van der Waals surface area contributed by atoms with Crippen molar-refractivity contribution in [2.45, 2.75) is 62.3 Å². The Morgan fingerprint density at radius 1 is 1.20 bits per heavy atom. The van der Waals surface area contributed by atoms with Gasteiger partial charge >= 0.3 is 0 Å². The molecule has 1 aliphatic rings. The average Bonchev–Trinajstić information content (AvgIpc) is 3.07. The standard InChI is InChI=1S/C24H31N3O2S/c1-16-12-21(22(28-5)25-14-16)30-18-6-7-20-19(13-18)26-23(24(2,3)4)27(20)15-17-8-10-29-11-9-17/h6-7,12-14,17H,8-11,15H2,1-5H3. The molecule has 1 aliphatic heterocycles. The van der Waals surface area contributed by atoms with Crippen molar-refractivity contribution >= 4 is 22.8 Å². The lowest BCUT2D eigenvalue weighted by molar-refractivity contribution is 0.0611. The molecule has 0 amide bonds. The second kappa shape index (κ2) is 8.60. The first-order chi connectivity index (χ1) is 14.3. The van der Waals surface area contributed by atoms with Crippen LogP contribution in [0.3, 0.4) is 0 Å². The van der Waals surface area contributed by atoms with E-state index in [-0.39, 0.29) is 5.41 Å². The maximum Gasteiger partial charge on any atom is 0.227 e. The Morgan fingerprint density at radius 3 is 2.67 bits per heavy atom. The highest BCUT2D eigenvalue weighted by molar-refractivity contribution is 7.99. The van der Waals surface area contributed by atoms with Crippen molar-refractivity contribution in [2.24, 2.45) is 5.92 Å². The zero-order valence-electron chi connectivity index (χ0n) is 18.6. The molecule has 3 heterocycles. The Kier molecular flexibility index (Phi) is 6.07. The molecular formula is C24H31N3O2S. The second-order valence-corrected chi connectivity index (χ2v) is 10.2. The molecule has 2 aromatic heterocycles. The van der Waals surface area contributed by atoms with Gasteiger partial charge in [-0.1, -0.05) is 32.5 Å². The zero-order valence-corrected chi connectivity index (χ0v) is 19.4. The number of benzene rings is 1. The van der Waals surface area contributed by atoms with Gasteiger partial charge in [-0.25, -0.2) is 9.97 Å². The van der Waals surface area contributed by atoms with Crippen LogP contribution in [-0.2, 0) is 16.7 Å². The molecule has 0 aliphatic carbocycles. The summed E-state index contributed by atoms with van der Waals surface area (Å²) in [6, 6.07) is 8.71. The molecule has 0 saturated carbocycles. The van der Waals surface area contributed by atoms with Gasteiger partial charge in [0.1, 0.15) is 5.82 Å². The first-order valence-corrected chi connectivity index (χ1v) is 11.4. The number of hydrogen-bond donors (Lipinski definition) is 0. The number of fused-ring (bicyclic) bond motifs is 1. The zero-order chi connectivity index (χ0) is 21.3. The number of rotatable bonds is 5. The number of aryl methyl sites for hydroxylation is 1. The highest BCUT2D eigenvalue weighted by Crippen LogP contribution is 2.36. The van der Waals surface area contributed by atoms with Gasteiger partial charge in [-0.05, 0) is 55.5 Å². The Morgan fingerprint density at radius 2 is 1.97 bits per heavy atom. The smallest absolute Gasteiger partial charge is 0.227 e. The van der Waals surface area contributed by atoms with Crippen LogP contribution in [0.2, 0.25) is 0 Å². The maximum absolute atomic E-state index is 5.56. The molecule has 1 saturated heterocycles. The summed E-state index contributed by atoms with van der Waals surface area (Å²) in [5.74, 6) is 2.46. The third-order valence-electron chi connectivity index (χ3n) is 5.55. The van der Waals surface area contributed by atoms with Crippen molar-refractivity contribution in [3.63, 3.8) is 0 Å². The van der Waals surface area contributed by atoms with Gasteiger partial charge in [-0.2, -0.15) is 0 Å². The van der Waals surface area contributed by atoms with Gasteiger partial charge in [0, 0.05) is 36.3 Å². The molecule has 4 rings (SSSR count). The van der Waals surface area contributed by atoms with E-state index in [1.165, 1.54) is 5.52 Å². The molecule has 160 valence electrons. The molecule has 5 nitrogen and oxygen atoms in total. The quantitative estimate of drug-likeness (QED) is 0.531. The summed E-state index contributed by atoms with van der Waals surface area (Å²) >= 11 is 1.67. The molecule has 0 bridgehead atoms. The summed E-state index contributed by atoms with van der Waals surface area (Å²) in [6.07, 6.45) is 4.08. The first-order valence-electron chi connectivity index (χ1n) is 10.6. The van der Waals surface area contributed by atoms with Crippen LogP contribution in [0.15, 0.2) is 40.3 Å². The minimum absolute atomic E-state index is 0.0127. The van der Waals surface area contributed by atoms with Crippen LogP contribution in [0.1, 0.15) is 45.0 Å². The molecule has 30 heavy (non-hydrogen) atoms. The van der Waals surface area contributed by atoms with Crippen molar-refractivity contribution < 1.29 is 9.47 Å². The SMILES string of the molecule is COc1ncc(C)cc1Sc1ccc2c(c1)nc(C(C)(C)C)n2CC1CCOCC1. The van der Waals surface area contributed by atoms with Crippen LogP contribution in [0.5, 0.6) is 5.88 Å². The Hall–Kier alpha value is -2.05. The Bertz CT molecular complexity index is 1030. The average molecular weight is 426 g/mol. The van der Waals surface area contributed by atoms with Crippen molar-refractivity contribution in [2.75, 3.05) is 20.3 Å². The van der Waals surface area contributed by atoms with Gasteiger partial charge in [0.2, 0.25) is 5.88 Å². The molecule has 0 N–H and O–H groups in total. The summed E-state index contributed by atoms with van der Waals surface area (Å²) in [7, 11) is 1.67. The number of nitrogens with zero attached hydrogens (tertiary/aromatic N) is 3. The van der Waals surface area contributed by atoms with Crippen LogP contribution in [0.25, 0.3) is 11.0 Å². The fourth-order valence-corrected chi connectivity index (χ4v) is 5.03. The van der Waals surface area contributed by atoms with E-state index in [1.807, 2.05) is 13.1 Å². The fourth-order valence-electron chi connectivity index (χ4n) is 4.00. The molecule has 0 atom stereocenters. The van der Waals surface area contributed by atoms with Crippen LogP contribution in [-0.4, -0.2) is 34.9 Å². The lowest BCUT2D eigenvalue weighted by Gasteiger charge is -2.26. The summed E-state index contributed by atoms with van der Waals surface area (Å²) in [4.78, 5) is 11.6.